The molecule has 0 saturated heterocycles. The normalized spacial score (nSPS) is 11.7. The Balaban J connectivity index is 1.66. The van der Waals surface area contributed by atoms with Crippen LogP contribution < -0.4 is 5.32 Å². The van der Waals surface area contributed by atoms with E-state index >= 15 is 0 Å². The topological polar surface area (TPSA) is 102 Å². The first-order chi connectivity index (χ1) is 18.8. The second-order valence-corrected chi connectivity index (χ2v) is 10.5. The highest BCUT2D eigenvalue weighted by Gasteiger charge is 2.30. The molecule has 0 saturated carbocycles. The van der Waals surface area contributed by atoms with Gasteiger partial charge in [0.25, 0.3) is 5.91 Å². The molecule has 1 aliphatic carbocycles. The number of pyridine rings is 1. The summed E-state index contributed by atoms with van der Waals surface area (Å²) < 4.78 is 6.79. The summed E-state index contributed by atoms with van der Waals surface area (Å²) in [7, 11) is 4.99. The molecule has 0 spiro atoms. The number of halogens is 1. The van der Waals surface area contributed by atoms with Crippen LogP contribution in [-0.2, 0) is 22.4 Å². The third-order valence-electron chi connectivity index (χ3n) is 6.09. The summed E-state index contributed by atoms with van der Waals surface area (Å²) in [6.07, 6.45) is 3.16. The number of amides is 2. The van der Waals surface area contributed by atoms with E-state index in [1.807, 2.05) is 12.1 Å². The lowest BCUT2D eigenvalue weighted by molar-refractivity contribution is -0.114. The van der Waals surface area contributed by atoms with Crippen molar-refractivity contribution < 1.29 is 14.3 Å². The monoisotopic (exact) mass is 560 g/mol. The fourth-order valence-electron chi connectivity index (χ4n) is 4.36. The molecule has 0 radical (unpaired) electrons. The maximum absolute atomic E-state index is 12.5. The number of benzene rings is 1. The zero-order valence-electron chi connectivity index (χ0n) is 21.8. The van der Waals surface area contributed by atoms with Crippen LogP contribution in [0.2, 0.25) is 5.02 Å². The Morgan fingerprint density at radius 3 is 2.72 bits per heavy atom. The van der Waals surface area contributed by atoms with Crippen LogP contribution in [0.25, 0.3) is 27.5 Å². The van der Waals surface area contributed by atoms with Gasteiger partial charge in [0.2, 0.25) is 5.91 Å². The van der Waals surface area contributed by atoms with Crippen molar-refractivity contribution in [3.05, 3.63) is 64.1 Å². The second-order valence-electron chi connectivity index (χ2n) is 9.10. The molecule has 1 N–H and O–H groups in total. The van der Waals surface area contributed by atoms with Crippen LogP contribution in [0.5, 0.6) is 0 Å². The summed E-state index contributed by atoms with van der Waals surface area (Å²) in [5.74, 6) is 5.56. The molecule has 11 heteroatoms. The summed E-state index contributed by atoms with van der Waals surface area (Å²) >= 11 is 8.16. The van der Waals surface area contributed by atoms with Gasteiger partial charge in [0.1, 0.15) is 12.3 Å². The highest BCUT2D eigenvalue weighted by atomic mass is 35.5. The highest BCUT2D eigenvalue weighted by Crippen LogP contribution is 2.44. The lowest BCUT2D eigenvalue weighted by atomic mass is 9.95. The van der Waals surface area contributed by atoms with Crippen LogP contribution in [0.15, 0.2) is 36.5 Å². The van der Waals surface area contributed by atoms with E-state index < -0.39 is 0 Å². The van der Waals surface area contributed by atoms with Crippen molar-refractivity contribution >= 4 is 39.9 Å². The summed E-state index contributed by atoms with van der Waals surface area (Å²) in [6.45, 7) is 1.79. The maximum Gasteiger partial charge on any atom is 0.253 e. The Morgan fingerprint density at radius 1 is 1.23 bits per heavy atom. The van der Waals surface area contributed by atoms with Gasteiger partial charge in [-0.25, -0.2) is 14.6 Å². The summed E-state index contributed by atoms with van der Waals surface area (Å²) in [5.41, 5.74) is 6.15. The largest absolute Gasteiger partial charge is 0.372 e. The Labute approximate surface area is 234 Å². The molecule has 0 unspecified atom stereocenters. The summed E-state index contributed by atoms with van der Waals surface area (Å²) in [4.78, 5) is 35.8. The SMILES string of the molecule is COCC#Cc1ccc(-c2nn(-c3ccc(C(=O)N(C)C)cc3Cl)c3c2CCc2nc(NC(C)=O)sc2-3)cn1. The van der Waals surface area contributed by atoms with Crippen molar-refractivity contribution in [2.75, 3.05) is 33.1 Å². The second kappa shape index (κ2) is 11.0. The number of ether oxygens (including phenoxy) is 1. The van der Waals surface area contributed by atoms with Gasteiger partial charge in [0, 0.05) is 51.0 Å². The molecule has 3 heterocycles. The molecular formula is C28H25ClN6O3S. The number of carbonyl (C=O) groups is 2. The molecule has 4 aromatic rings. The first-order valence-electron chi connectivity index (χ1n) is 12.1. The van der Waals surface area contributed by atoms with Crippen LogP contribution in [0.3, 0.4) is 0 Å². The standard InChI is InChI=1S/C28H25ClN6O3S/c1-16(36)31-28-32-22-11-10-20-24(18-7-9-19(30-15-18)6-5-13-38-4)33-35(25(20)26(22)39-28)23-12-8-17(14-21(23)29)27(37)34(2)3/h7-9,12,14-15H,10-11,13H2,1-4H3,(H,31,32,36). The Bertz CT molecular complexity index is 1650. The number of aryl methyl sites for hydroxylation is 1. The van der Waals surface area contributed by atoms with E-state index in [0.717, 1.165) is 33.1 Å². The van der Waals surface area contributed by atoms with Crippen molar-refractivity contribution in [3.8, 4) is 39.4 Å². The quantitative estimate of drug-likeness (QED) is 0.361. The number of hydrogen-bond acceptors (Lipinski definition) is 7. The van der Waals surface area contributed by atoms with Crippen molar-refractivity contribution in [2.24, 2.45) is 0 Å². The highest BCUT2D eigenvalue weighted by molar-refractivity contribution is 7.19. The molecule has 1 aliphatic rings. The number of nitrogens with zero attached hydrogens (tertiary/aromatic N) is 5. The van der Waals surface area contributed by atoms with Crippen LogP contribution in [-0.4, -0.2) is 64.3 Å². The molecule has 0 atom stereocenters. The Morgan fingerprint density at radius 2 is 2.05 bits per heavy atom. The van der Waals surface area contributed by atoms with E-state index in [2.05, 4.69) is 27.1 Å². The molecule has 5 rings (SSSR count). The van der Waals surface area contributed by atoms with Crippen LogP contribution in [0.1, 0.15) is 34.2 Å². The minimum absolute atomic E-state index is 0.143. The maximum atomic E-state index is 12.5. The number of rotatable bonds is 5. The van der Waals surface area contributed by atoms with Gasteiger partial charge in [-0.2, -0.15) is 5.10 Å². The Hall–Kier alpha value is -4.04. The molecule has 9 nitrogen and oxygen atoms in total. The summed E-state index contributed by atoms with van der Waals surface area (Å²) in [6, 6.07) is 9.00. The Kier molecular flexibility index (Phi) is 7.48. The van der Waals surface area contributed by atoms with Gasteiger partial charge >= 0.3 is 0 Å². The predicted octanol–water partition coefficient (Wildman–Crippen LogP) is 4.47. The number of hydrogen-bond donors (Lipinski definition) is 1. The van der Waals surface area contributed by atoms with Gasteiger partial charge in [-0.15, -0.1) is 0 Å². The van der Waals surface area contributed by atoms with Gasteiger partial charge in [0.05, 0.1) is 32.7 Å². The number of carbonyl (C=O) groups excluding carboxylic acids is 2. The van der Waals surface area contributed by atoms with E-state index in [-0.39, 0.29) is 11.8 Å². The smallest absolute Gasteiger partial charge is 0.253 e. The van der Waals surface area contributed by atoms with Crippen molar-refractivity contribution in [1.29, 1.82) is 0 Å². The minimum atomic E-state index is -0.181. The fourth-order valence-corrected chi connectivity index (χ4v) is 5.73. The molecular weight excluding hydrogens is 536 g/mol. The molecule has 39 heavy (non-hydrogen) atoms. The van der Waals surface area contributed by atoms with E-state index in [9.17, 15) is 9.59 Å². The van der Waals surface area contributed by atoms with E-state index in [0.29, 0.717) is 46.5 Å². The molecule has 0 bridgehead atoms. The molecule has 0 fully saturated rings. The zero-order chi connectivity index (χ0) is 27.7. The van der Waals surface area contributed by atoms with E-state index in [1.165, 1.54) is 23.2 Å². The molecule has 0 aliphatic heterocycles. The van der Waals surface area contributed by atoms with Gasteiger partial charge in [-0.1, -0.05) is 28.9 Å². The average Bonchev–Trinajstić information content (AvgIpc) is 3.49. The van der Waals surface area contributed by atoms with Crippen LogP contribution in [0.4, 0.5) is 5.13 Å². The van der Waals surface area contributed by atoms with Gasteiger partial charge in [-0.05, 0) is 49.1 Å². The van der Waals surface area contributed by atoms with E-state index in [1.54, 1.807) is 50.3 Å². The summed E-state index contributed by atoms with van der Waals surface area (Å²) in [5, 5.41) is 8.73. The first-order valence-corrected chi connectivity index (χ1v) is 13.3. The number of aromatic nitrogens is 4. The number of methoxy groups -OCH3 is 1. The number of anilines is 1. The van der Waals surface area contributed by atoms with Crippen molar-refractivity contribution in [2.45, 2.75) is 19.8 Å². The molecule has 1 aromatic carbocycles. The van der Waals surface area contributed by atoms with E-state index in [4.69, 9.17) is 21.4 Å². The minimum Gasteiger partial charge on any atom is -0.372 e. The van der Waals surface area contributed by atoms with Gasteiger partial charge < -0.3 is 15.0 Å². The number of fused-ring (bicyclic) bond motifs is 3. The van der Waals surface area contributed by atoms with Crippen molar-refractivity contribution in [1.82, 2.24) is 24.6 Å². The fraction of sp³-hybridized carbons (Fsp3) is 0.250. The number of thiazole rings is 1. The molecule has 198 valence electrons. The average molecular weight is 561 g/mol. The molecule has 3 aromatic heterocycles. The van der Waals surface area contributed by atoms with Crippen LogP contribution >= 0.6 is 22.9 Å². The zero-order valence-corrected chi connectivity index (χ0v) is 23.4. The lowest BCUT2D eigenvalue weighted by Gasteiger charge is -2.16. The van der Waals surface area contributed by atoms with Crippen molar-refractivity contribution in [3.63, 3.8) is 0 Å². The van der Waals surface area contributed by atoms with Gasteiger partial charge in [0.15, 0.2) is 5.13 Å². The van der Waals surface area contributed by atoms with Gasteiger partial charge in [-0.3, -0.25) is 9.59 Å². The van der Waals surface area contributed by atoms with Crippen LogP contribution in [0, 0.1) is 11.8 Å². The third kappa shape index (κ3) is 5.29. The predicted molar refractivity (Wildman–Crippen MR) is 151 cm³/mol. The third-order valence-corrected chi connectivity index (χ3v) is 7.41. The molecule has 2 amide bonds. The first kappa shape index (κ1) is 26.6. The lowest BCUT2D eigenvalue weighted by Crippen LogP contribution is -2.21. The number of nitrogens with one attached hydrogen (secondary N) is 1.